The zero-order valence-corrected chi connectivity index (χ0v) is 11.2. The van der Waals surface area contributed by atoms with Crippen LogP contribution in [0.1, 0.15) is 22.8 Å². The van der Waals surface area contributed by atoms with Gasteiger partial charge in [0.15, 0.2) is 0 Å². The van der Waals surface area contributed by atoms with Gasteiger partial charge >= 0.3 is 0 Å². The van der Waals surface area contributed by atoms with Crippen LogP contribution in [-0.2, 0) is 0 Å². The highest BCUT2D eigenvalue weighted by Crippen LogP contribution is 2.11. The topological polar surface area (TPSA) is 43.1 Å². The Morgan fingerprint density at radius 1 is 1.31 bits per heavy atom. The summed E-state index contributed by atoms with van der Waals surface area (Å²) < 4.78 is 0. The largest absolute Gasteiger partial charge is 0.366 e. The standard InChI is InChI=1S/C13H17NOSi/c1-5-7-10-8-6-9-11(16(2,3)4)12(10)13(14)15/h6,8-9H,1-4H3,(H2,14,15). The van der Waals surface area contributed by atoms with Crippen molar-refractivity contribution in [1.82, 2.24) is 0 Å². The molecule has 84 valence electrons. The van der Waals surface area contributed by atoms with Crippen LogP contribution in [0.25, 0.3) is 0 Å². The maximum absolute atomic E-state index is 11.5. The second kappa shape index (κ2) is 4.54. The fraction of sp³-hybridized carbons (Fsp3) is 0.308. The highest BCUT2D eigenvalue weighted by molar-refractivity contribution is 6.89. The second-order valence-electron chi connectivity index (χ2n) is 4.72. The van der Waals surface area contributed by atoms with Crippen molar-refractivity contribution in [2.75, 3.05) is 0 Å². The Morgan fingerprint density at radius 2 is 1.94 bits per heavy atom. The molecule has 0 bridgehead atoms. The third-order valence-electron chi connectivity index (χ3n) is 2.38. The van der Waals surface area contributed by atoms with Gasteiger partial charge in [0.25, 0.3) is 0 Å². The van der Waals surface area contributed by atoms with E-state index in [1.165, 1.54) is 0 Å². The third-order valence-corrected chi connectivity index (χ3v) is 4.41. The summed E-state index contributed by atoms with van der Waals surface area (Å²) in [6, 6.07) is 5.78. The molecule has 3 heteroatoms. The van der Waals surface area contributed by atoms with Gasteiger partial charge in [-0.3, -0.25) is 4.79 Å². The molecule has 0 unspecified atom stereocenters. The van der Waals surface area contributed by atoms with E-state index in [2.05, 4.69) is 31.5 Å². The number of amides is 1. The normalized spacial score (nSPS) is 10.5. The average Bonchev–Trinajstić information content (AvgIpc) is 2.16. The Bertz CT molecular complexity index is 475. The highest BCUT2D eigenvalue weighted by atomic mass is 28.3. The number of carbonyl (C=O) groups is 1. The number of nitrogens with two attached hydrogens (primary N) is 1. The van der Waals surface area contributed by atoms with Crippen molar-refractivity contribution in [2.45, 2.75) is 26.6 Å². The van der Waals surface area contributed by atoms with Crippen LogP contribution in [0.2, 0.25) is 19.6 Å². The molecule has 0 saturated carbocycles. The average molecular weight is 231 g/mol. The van der Waals surface area contributed by atoms with Gasteiger partial charge < -0.3 is 5.73 Å². The van der Waals surface area contributed by atoms with Gasteiger partial charge in [-0.05, 0) is 18.2 Å². The van der Waals surface area contributed by atoms with Crippen LogP contribution in [0.3, 0.4) is 0 Å². The minimum absolute atomic E-state index is 0.379. The van der Waals surface area contributed by atoms with Gasteiger partial charge in [0, 0.05) is 5.56 Å². The molecule has 16 heavy (non-hydrogen) atoms. The molecule has 0 aliphatic carbocycles. The van der Waals surface area contributed by atoms with Crippen LogP contribution in [0, 0.1) is 11.8 Å². The Balaban J connectivity index is 3.55. The SMILES string of the molecule is CC#Cc1cccc([Si](C)(C)C)c1C(N)=O. The van der Waals surface area contributed by atoms with Crippen LogP contribution in [0.15, 0.2) is 18.2 Å². The minimum atomic E-state index is -1.57. The van der Waals surface area contributed by atoms with Gasteiger partial charge in [-0.25, -0.2) is 0 Å². The first kappa shape index (κ1) is 12.5. The number of hydrogen-bond acceptors (Lipinski definition) is 1. The number of hydrogen-bond donors (Lipinski definition) is 1. The summed E-state index contributed by atoms with van der Waals surface area (Å²) in [5, 5.41) is 1.08. The van der Waals surface area contributed by atoms with Crippen LogP contribution in [-0.4, -0.2) is 14.0 Å². The predicted octanol–water partition coefficient (Wildman–Crippen LogP) is 1.70. The van der Waals surface area contributed by atoms with Gasteiger partial charge in [0.2, 0.25) is 5.91 Å². The Morgan fingerprint density at radius 3 is 2.38 bits per heavy atom. The lowest BCUT2D eigenvalue weighted by Crippen LogP contribution is -2.43. The Kier molecular flexibility index (Phi) is 3.56. The Hall–Kier alpha value is -1.53. The molecule has 0 spiro atoms. The molecule has 1 aromatic rings. The van der Waals surface area contributed by atoms with E-state index in [4.69, 9.17) is 5.73 Å². The fourth-order valence-corrected chi connectivity index (χ4v) is 3.29. The lowest BCUT2D eigenvalue weighted by molar-refractivity contribution is 0.100. The molecule has 0 radical (unpaired) electrons. The first-order chi connectivity index (χ1) is 7.38. The van der Waals surface area contributed by atoms with E-state index in [9.17, 15) is 4.79 Å². The molecular formula is C13H17NOSi. The summed E-state index contributed by atoms with van der Waals surface area (Å²) in [5.41, 5.74) is 6.81. The first-order valence-corrected chi connectivity index (χ1v) is 8.74. The van der Waals surface area contributed by atoms with Gasteiger partial charge in [0.05, 0.1) is 13.6 Å². The Labute approximate surface area is 97.9 Å². The molecule has 0 fully saturated rings. The number of benzene rings is 1. The number of rotatable bonds is 2. The van der Waals surface area contributed by atoms with Crippen LogP contribution < -0.4 is 10.9 Å². The number of carbonyl (C=O) groups excluding carboxylic acids is 1. The molecule has 0 saturated heterocycles. The summed E-state index contributed by atoms with van der Waals surface area (Å²) in [6.07, 6.45) is 0. The zero-order chi connectivity index (χ0) is 12.3. The van der Waals surface area contributed by atoms with Crippen molar-refractivity contribution in [3.05, 3.63) is 29.3 Å². The monoisotopic (exact) mass is 231 g/mol. The van der Waals surface area contributed by atoms with E-state index in [1.807, 2.05) is 18.2 Å². The van der Waals surface area contributed by atoms with E-state index in [1.54, 1.807) is 6.92 Å². The molecule has 1 amide bonds. The van der Waals surface area contributed by atoms with Crippen LogP contribution in [0.5, 0.6) is 0 Å². The predicted molar refractivity (Wildman–Crippen MR) is 70.5 cm³/mol. The molecule has 2 nitrogen and oxygen atoms in total. The third kappa shape index (κ3) is 2.53. The molecule has 1 aromatic carbocycles. The van der Waals surface area contributed by atoms with E-state index in [0.29, 0.717) is 5.56 Å². The summed E-state index contributed by atoms with van der Waals surface area (Å²) in [5.74, 6) is 5.38. The quantitative estimate of drug-likeness (QED) is 0.611. The van der Waals surface area contributed by atoms with Crippen LogP contribution >= 0.6 is 0 Å². The lowest BCUT2D eigenvalue weighted by atomic mass is 10.1. The molecule has 0 aliphatic heterocycles. The lowest BCUT2D eigenvalue weighted by Gasteiger charge is -2.20. The van der Waals surface area contributed by atoms with Crippen molar-refractivity contribution >= 4 is 19.2 Å². The van der Waals surface area contributed by atoms with Crippen molar-refractivity contribution in [3.63, 3.8) is 0 Å². The molecule has 0 heterocycles. The fourth-order valence-electron chi connectivity index (χ4n) is 1.68. The minimum Gasteiger partial charge on any atom is -0.366 e. The van der Waals surface area contributed by atoms with Crippen LogP contribution in [0.4, 0.5) is 0 Å². The van der Waals surface area contributed by atoms with Gasteiger partial charge in [-0.1, -0.05) is 37.7 Å². The van der Waals surface area contributed by atoms with Gasteiger partial charge in [-0.2, -0.15) is 0 Å². The first-order valence-electron chi connectivity index (χ1n) is 5.24. The maximum atomic E-state index is 11.5. The molecule has 0 aromatic heterocycles. The molecule has 1 rings (SSSR count). The molecular weight excluding hydrogens is 214 g/mol. The van der Waals surface area contributed by atoms with Crippen molar-refractivity contribution < 1.29 is 4.79 Å². The molecule has 2 N–H and O–H groups in total. The summed E-state index contributed by atoms with van der Waals surface area (Å²) in [7, 11) is -1.57. The van der Waals surface area contributed by atoms with E-state index < -0.39 is 8.07 Å². The second-order valence-corrected chi connectivity index (χ2v) is 9.76. The van der Waals surface area contributed by atoms with Gasteiger partial charge in [-0.15, -0.1) is 5.92 Å². The van der Waals surface area contributed by atoms with E-state index >= 15 is 0 Å². The zero-order valence-electron chi connectivity index (χ0n) is 10.2. The summed E-state index contributed by atoms with van der Waals surface area (Å²) in [4.78, 5) is 11.5. The van der Waals surface area contributed by atoms with E-state index in [0.717, 1.165) is 10.8 Å². The van der Waals surface area contributed by atoms with Crippen molar-refractivity contribution in [3.8, 4) is 11.8 Å². The molecule has 0 atom stereocenters. The smallest absolute Gasteiger partial charge is 0.249 e. The molecule has 0 aliphatic rings. The number of primary amides is 1. The van der Waals surface area contributed by atoms with Crippen molar-refractivity contribution in [2.24, 2.45) is 5.73 Å². The summed E-state index contributed by atoms with van der Waals surface area (Å²) in [6.45, 7) is 8.33. The van der Waals surface area contributed by atoms with Gasteiger partial charge in [0.1, 0.15) is 0 Å². The summed E-state index contributed by atoms with van der Waals surface area (Å²) >= 11 is 0. The maximum Gasteiger partial charge on any atom is 0.249 e. The van der Waals surface area contributed by atoms with Crippen molar-refractivity contribution in [1.29, 1.82) is 0 Å². The highest BCUT2D eigenvalue weighted by Gasteiger charge is 2.23. The van der Waals surface area contributed by atoms with E-state index in [-0.39, 0.29) is 5.91 Å².